The summed E-state index contributed by atoms with van der Waals surface area (Å²) in [4.78, 5) is 1.03. The van der Waals surface area contributed by atoms with Crippen LogP contribution in [0.1, 0.15) is 25.6 Å². The molecule has 114 valence electrons. The smallest absolute Gasteiger partial charge is 0.250 e. The molecular formula is C13H21NO4S2. The van der Waals surface area contributed by atoms with E-state index in [0.717, 1.165) is 4.88 Å². The van der Waals surface area contributed by atoms with E-state index in [1.807, 2.05) is 6.07 Å². The van der Waals surface area contributed by atoms with Gasteiger partial charge in [-0.05, 0) is 17.5 Å². The summed E-state index contributed by atoms with van der Waals surface area (Å²) in [6, 6.07) is 3.49. The third kappa shape index (κ3) is 3.23. The Bertz CT molecular complexity index is 562. The molecule has 0 radical (unpaired) electrons. The molecule has 2 N–H and O–H groups in total. The normalized spacial score (nSPS) is 18.8. The van der Waals surface area contributed by atoms with Crippen LogP contribution in [0.2, 0.25) is 0 Å². The van der Waals surface area contributed by atoms with Crippen molar-refractivity contribution in [1.82, 2.24) is 4.72 Å². The Morgan fingerprint density at radius 1 is 1.40 bits per heavy atom. The predicted octanol–water partition coefficient (Wildman–Crippen LogP) is 1.33. The molecule has 0 saturated carbocycles. The largest absolute Gasteiger partial charge is 0.396 e. The van der Waals surface area contributed by atoms with Gasteiger partial charge in [-0.25, -0.2) is 13.1 Å². The summed E-state index contributed by atoms with van der Waals surface area (Å²) in [5, 5.41) is 9.30. The summed E-state index contributed by atoms with van der Waals surface area (Å²) in [5.74, 6) is 0. The zero-order chi connectivity index (χ0) is 15.0. The lowest BCUT2D eigenvalue weighted by Gasteiger charge is -2.39. The standard InChI is InChI=1S/C13H21NO4S2/c1-12(2,3)10-4-5-11(19-10)20(16,17)14-6-13(7-15)8-18-9-13/h4-5,14-15H,6-9H2,1-3H3. The van der Waals surface area contributed by atoms with E-state index < -0.39 is 15.4 Å². The second-order valence-electron chi connectivity index (χ2n) is 6.34. The van der Waals surface area contributed by atoms with Crippen LogP contribution in [0.3, 0.4) is 0 Å². The van der Waals surface area contributed by atoms with Crippen LogP contribution in [-0.2, 0) is 20.2 Å². The molecule has 0 unspecified atom stereocenters. The maximum Gasteiger partial charge on any atom is 0.250 e. The molecule has 1 aliphatic heterocycles. The number of hydrogen-bond donors (Lipinski definition) is 2. The van der Waals surface area contributed by atoms with Gasteiger partial charge >= 0.3 is 0 Å². The number of ether oxygens (including phenoxy) is 1. The fourth-order valence-corrected chi connectivity index (χ4v) is 4.39. The van der Waals surface area contributed by atoms with Crippen molar-refractivity contribution in [1.29, 1.82) is 0 Å². The van der Waals surface area contributed by atoms with E-state index in [4.69, 9.17) is 4.74 Å². The highest BCUT2D eigenvalue weighted by molar-refractivity contribution is 7.91. The Hall–Kier alpha value is -0.470. The molecule has 1 aromatic rings. The number of rotatable bonds is 5. The fraction of sp³-hybridized carbons (Fsp3) is 0.692. The first kappa shape index (κ1) is 15.9. The van der Waals surface area contributed by atoms with Crippen molar-refractivity contribution in [3.05, 3.63) is 17.0 Å². The van der Waals surface area contributed by atoms with Crippen LogP contribution in [0.25, 0.3) is 0 Å². The van der Waals surface area contributed by atoms with E-state index in [-0.39, 0.29) is 18.6 Å². The molecule has 2 rings (SSSR count). The third-order valence-electron chi connectivity index (χ3n) is 3.37. The van der Waals surface area contributed by atoms with Crippen LogP contribution in [0.15, 0.2) is 16.3 Å². The molecule has 5 nitrogen and oxygen atoms in total. The Kier molecular flexibility index (Phi) is 4.28. The second-order valence-corrected chi connectivity index (χ2v) is 9.42. The van der Waals surface area contributed by atoms with Gasteiger partial charge in [0, 0.05) is 11.4 Å². The first-order valence-electron chi connectivity index (χ1n) is 6.47. The van der Waals surface area contributed by atoms with Crippen LogP contribution in [0, 0.1) is 5.41 Å². The molecule has 0 bridgehead atoms. The second kappa shape index (κ2) is 5.38. The van der Waals surface area contributed by atoms with Crippen LogP contribution < -0.4 is 4.72 Å². The average Bonchev–Trinajstić information content (AvgIpc) is 2.77. The highest BCUT2D eigenvalue weighted by Gasteiger charge is 2.39. The van der Waals surface area contributed by atoms with E-state index in [9.17, 15) is 13.5 Å². The molecular weight excluding hydrogens is 298 g/mol. The van der Waals surface area contributed by atoms with E-state index in [1.54, 1.807) is 6.07 Å². The minimum absolute atomic E-state index is 0.0629. The minimum Gasteiger partial charge on any atom is -0.396 e. The summed E-state index contributed by atoms with van der Waals surface area (Å²) in [7, 11) is -3.52. The Balaban J connectivity index is 2.09. The van der Waals surface area contributed by atoms with Gasteiger partial charge in [0.25, 0.3) is 0 Å². The number of aliphatic hydroxyl groups is 1. The van der Waals surface area contributed by atoms with E-state index in [1.165, 1.54) is 11.3 Å². The Morgan fingerprint density at radius 2 is 2.05 bits per heavy atom. The fourth-order valence-electron chi connectivity index (χ4n) is 1.83. The molecule has 0 spiro atoms. The first-order chi connectivity index (χ1) is 9.19. The number of hydrogen-bond acceptors (Lipinski definition) is 5. The average molecular weight is 319 g/mol. The van der Waals surface area contributed by atoms with Crippen molar-refractivity contribution >= 4 is 21.4 Å². The zero-order valence-electron chi connectivity index (χ0n) is 12.0. The van der Waals surface area contributed by atoms with Crippen molar-refractivity contribution in [2.45, 2.75) is 30.4 Å². The molecule has 7 heteroatoms. The Labute approximate surface area is 124 Å². The van der Waals surface area contributed by atoms with Gasteiger partial charge < -0.3 is 9.84 Å². The van der Waals surface area contributed by atoms with Gasteiger partial charge in [-0.3, -0.25) is 0 Å². The number of aliphatic hydroxyl groups excluding tert-OH is 1. The maximum atomic E-state index is 12.3. The van der Waals surface area contributed by atoms with Crippen molar-refractivity contribution in [2.24, 2.45) is 5.41 Å². The van der Waals surface area contributed by atoms with Crippen molar-refractivity contribution in [2.75, 3.05) is 26.4 Å². The van der Waals surface area contributed by atoms with Gasteiger partial charge in [-0.15, -0.1) is 11.3 Å². The molecule has 1 aromatic heterocycles. The van der Waals surface area contributed by atoms with Gasteiger partial charge in [-0.1, -0.05) is 20.8 Å². The quantitative estimate of drug-likeness (QED) is 0.858. The summed E-state index contributed by atoms with van der Waals surface area (Å²) in [6.45, 7) is 7.06. The molecule has 1 fully saturated rings. The first-order valence-corrected chi connectivity index (χ1v) is 8.77. The summed E-state index contributed by atoms with van der Waals surface area (Å²) in [6.07, 6.45) is 0. The molecule has 0 amide bonds. The monoisotopic (exact) mass is 319 g/mol. The lowest BCUT2D eigenvalue weighted by atomic mass is 9.87. The van der Waals surface area contributed by atoms with Crippen LogP contribution in [0.5, 0.6) is 0 Å². The topological polar surface area (TPSA) is 75.6 Å². The van der Waals surface area contributed by atoms with Crippen molar-refractivity contribution < 1.29 is 18.3 Å². The Morgan fingerprint density at radius 3 is 2.45 bits per heavy atom. The van der Waals surface area contributed by atoms with Gasteiger partial charge in [0.15, 0.2) is 0 Å². The van der Waals surface area contributed by atoms with Crippen LogP contribution >= 0.6 is 11.3 Å². The van der Waals surface area contributed by atoms with Crippen LogP contribution in [-0.4, -0.2) is 39.9 Å². The summed E-state index contributed by atoms with van der Waals surface area (Å²) < 4.78 is 32.5. The van der Waals surface area contributed by atoms with E-state index >= 15 is 0 Å². The number of nitrogens with one attached hydrogen (secondary N) is 1. The lowest BCUT2D eigenvalue weighted by Crippen LogP contribution is -2.53. The van der Waals surface area contributed by atoms with Gasteiger partial charge in [0.1, 0.15) is 4.21 Å². The third-order valence-corrected chi connectivity index (χ3v) is 6.78. The number of thiophene rings is 1. The molecule has 0 aromatic carbocycles. The molecule has 0 aliphatic carbocycles. The molecule has 1 saturated heterocycles. The molecule has 1 aliphatic rings. The zero-order valence-corrected chi connectivity index (χ0v) is 13.6. The van der Waals surface area contributed by atoms with Gasteiger partial charge in [0.05, 0.1) is 25.2 Å². The van der Waals surface area contributed by atoms with E-state index in [0.29, 0.717) is 17.4 Å². The number of sulfonamides is 1. The van der Waals surface area contributed by atoms with Crippen LogP contribution in [0.4, 0.5) is 0 Å². The molecule has 20 heavy (non-hydrogen) atoms. The van der Waals surface area contributed by atoms with Gasteiger partial charge in [-0.2, -0.15) is 0 Å². The van der Waals surface area contributed by atoms with Crippen molar-refractivity contribution in [3.8, 4) is 0 Å². The summed E-state index contributed by atoms with van der Waals surface area (Å²) in [5.41, 5.74) is -0.524. The lowest BCUT2D eigenvalue weighted by molar-refractivity contribution is -0.132. The highest BCUT2D eigenvalue weighted by Crippen LogP contribution is 2.32. The molecule has 0 atom stereocenters. The van der Waals surface area contributed by atoms with Crippen molar-refractivity contribution in [3.63, 3.8) is 0 Å². The van der Waals surface area contributed by atoms with E-state index in [2.05, 4.69) is 25.5 Å². The highest BCUT2D eigenvalue weighted by atomic mass is 32.2. The van der Waals surface area contributed by atoms with Gasteiger partial charge in [0.2, 0.25) is 10.0 Å². The SMILES string of the molecule is CC(C)(C)c1ccc(S(=O)(=O)NCC2(CO)COC2)s1. The summed E-state index contributed by atoms with van der Waals surface area (Å²) >= 11 is 1.29. The minimum atomic E-state index is -3.52. The predicted molar refractivity (Wildman–Crippen MR) is 78.5 cm³/mol. The molecule has 2 heterocycles. The maximum absolute atomic E-state index is 12.3.